The molecule has 2 rings (SSSR count). The highest BCUT2D eigenvalue weighted by Gasteiger charge is 2.22. The second kappa shape index (κ2) is 5.29. The van der Waals surface area contributed by atoms with E-state index >= 15 is 0 Å². The van der Waals surface area contributed by atoms with E-state index in [4.69, 9.17) is 9.63 Å². The molecule has 1 saturated carbocycles. The van der Waals surface area contributed by atoms with Crippen molar-refractivity contribution in [3.8, 4) is 0 Å². The lowest BCUT2D eigenvalue weighted by Gasteiger charge is -2.03. The maximum Gasteiger partial charge on any atom is 0.303 e. The summed E-state index contributed by atoms with van der Waals surface area (Å²) in [4.78, 5) is 14.9. The van der Waals surface area contributed by atoms with Crippen LogP contribution in [0.25, 0.3) is 0 Å². The van der Waals surface area contributed by atoms with E-state index < -0.39 is 5.97 Å². The van der Waals surface area contributed by atoms with Crippen LogP contribution in [-0.2, 0) is 11.2 Å². The summed E-state index contributed by atoms with van der Waals surface area (Å²) in [7, 11) is 0. The van der Waals surface area contributed by atoms with Gasteiger partial charge in [0.1, 0.15) is 0 Å². The van der Waals surface area contributed by atoms with Crippen LogP contribution in [0.1, 0.15) is 56.7 Å². The topological polar surface area (TPSA) is 76.2 Å². The summed E-state index contributed by atoms with van der Waals surface area (Å²) in [6.07, 6.45) is 5.45. The molecule has 1 heterocycles. The van der Waals surface area contributed by atoms with Crippen LogP contribution in [0.15, 0.2) is 4.52 Å². The normalized spacial score (nSPS) is 18.4. The monoisotopic (exact) mass is 238 g/mol. The number of nitrogens with zero attached hydrogens (tertiary/aromatic N) is 2. The van der Waals surface area contributed by atoms with Crippen molar-refractivity contribution >= 4 is 5.97 Å². The first-order valence-electron chi connectivity index (χ1n) is 6.19. The molecule has 1 fully saturated rings. The van der Waals surface area contributed by atoms with Gasteiger partial charge in [0.25, 0.3) is 0 Å². The number of hydrogen-bond donors (Lipinski definition) is 1. The van der Waals surface area contributed by atoms with Gasteiger partial charge >= 0.3 is 5.97 Å². The number of carboxylic acids is 1. The molecule has 17 heavy (non-hydrogen) atoms. The van der Waals surface area contributed by atoms with Gasteiger partial charge in [-0.2, -0.15) is 4.98 Å². The Balaban J connectivity index is 1.91. The highest BCUT2D eigenvalue weighted by atomic mass is 16.5. The quantitative estimate of drug-likeness (QED) is 0.852. The molecule has 5 heteroatoms. The first-order chi connectivity index (χ1) is 8.15. The number of aromatic nitrogens is 2. The van der Waals surface area contributed by atoms with Crippen molar-refractivity contribution in [1.82, 2.24) is 10.1 Å². The summed E-state index contributed by atoms with van der Waals surface area (Å²) < 4.78 is 5.18. The number of rotatable bonds is 5. The van der Waals surface area contributed by atoms with Gasteiger partial charge in [0.05, 0.1) is 0 Å². The van der Waals surface area contributed by atoms with E-state index in [-0.39, 0.29) is 12.3 Å². The maximum absolute atomic E-state index is 10.5. The van der Waals surface area contributed by atoms with E-state index in [2.05, 4.69) is 10.1 Å². The minimum Gasteiger partial charge on any atom is -0.481 e. The second-order valence-electron chi connectivity index (χ2n) is 4.93. The Hall–Kier alpha value is -1.39. The molecule has 0 amide bonds. The number of carboxylic acid groups (broad SMARTS) is 1. The third-order valence-corrected chi connectivity index (χ3v) is 3.25. The first kappa shape index (κ1) is 12.1. The zero-order valence-corrected chi connectivity index (χ0v) is 10.1. The van der Waals surface area contributed by atoms with Gasteiger partial charge in [0.2, 0.25) is 5.89 Å². The van der Waals surface area contributed by atoms with Gasteiger partial charge in [-0.1, -0.05) is 24.9 Å². The molecule has 1 N–H and O–H groups in total. The van der Waals surface area contributed by atoms with E-state index in [0.29, 0.717) is 18.2 Å². The SMILES string of the molecule is CC(CC(=O)O)Cc1nc(C2CCCC2)no1. The van der Waals surface area contributed by atoms with E-state index in [9.17, 15) is 4.79 Å². The number of aliphatic carboxylic acids is 1. The van der Waals surface area contributed by atoms with Crippen LogP contribution in [0.4, 0.5) is 0 Å². The van der Waals surface area contributed by atoms with E-state index in [1.165, 1.54) is 12.8 Å². The second-order valence-corrected chi connectivity index (χ2v) is 4.93. The third-order valence-electron chi connectivity index (χ3n) is 3.25. The number of hydrogen-bond acceptors (Lipinski definition) is 4. The van der Waals surface area contributed by atoms with Gasteiger partial charge in [0.15, 0.2) is 5.82 Å². The number of carbonyl (C=O) groups is 1. The largest absolute Gasteiger partial charge is 0.481 e. The summed E-state index contributed by atoms with van der Waals surface area (Å²) in [5.74, 6) is 1.07. The Bertz CT molecular complexity index is 383. The van der Waals surface area contributed by atoms with Crippen LogP contribution in [0.5, 0.6) is 0 Å². The third kappa shape index (κ3) is 3.28. The predicted molar refractivity (Wildman–Crippen MR) is 60.6 cm³/mol. The van der Waals surface area contributed by atoms with E-state index in [1.807, 2.05) is 6.92 Å². The van der Waals surface area contributed by atoms with Crippen LogP contribution in [0.2, 0.25) is 0 Å². The Morgan fingerprint density at radius 2 is 2.24 bits per heavy atom. The van der Waals surface area contributed by atoms with Crippen molar-refractivity contribution < 1.29 is 14.4 Å². The van der Waals surface area contributed by atoms with Crippen molar-refractivity contribution in [2.75, 3.05) is 0 Å². The van der Waals surface area contributed by atoms with Crippen molar-refractivity contribution in [1.29, 1.82) is 0 Å². The van der Waals surface area contributed by atoms with E-state index in [0.717, 1.165) is 18.7 Å². The molecule has 0 spiro atoms. The average molecular weight is 238 g/mol. The average Bonchev–Trinajstić information content (AvgIpc) is 2.84. The molecule has 0 radical (unpaired) electrons. The minimum atomic E-state index is -0.784. The summed E-state index contributed by atoms with van der Waals surface area (Å²) in [6, 6.07) is 0. The molecule has 5 nitrogen and oxygen atoms in total. The summed E-state index contributed by atoms with van der Waals surface area (Å²) in [6.45, 7) is 1.88. The summed E-state index contributed by atoms with van der Waals surface area (Å²) in [5.41, 5.74) is 0. The smallest absolute Gasteiger partial charge is 0.303 e. The first-order valence-corrected chi connectivity index (χ1v) is 6.19. The highest BCUT2D eigenvalue weighted by molar-refractivity contribution is 5.66. The van der Waals surface area contributed by atoms with Crippen LogP contribution in [0.3, 0.4) is 0 Å². The molecule has 1 aliphatic carbocycles. The van der Waals surface area contributed by atoms with Gasteiger partial charge in [-0.3, -0.25) is 4.79 Å². The van der Waals surface area contributed by atoms with Gasteiger partial charge in [-0.05, 0) is 18.8 Å². The molecule has 0 saturated heterocycles. The van der Waals surface area contributed by atoms with Crippen molar-refractivity contribution in [3.63, 3.8) is 0 Å². The molecule has 1 atom stereocenters. The van der Waals surface area contributed by atoms with Gasteiger partial charge < -0.3 is 9.63 Å². The molecule has 0 aromatic carbocycles. The lowest BCUT2D eigenvalue weighted by molar-refractivity contribution is -0.137. The Morgan fingerprint density at radius 1 is 1.53 bits per heavy atom. The molecule has 1 unspecified atom stereocenters. The molecule has 1 aromatic heterocycles. The Morgan fingerprint density at radius 3 is 2.88 bits per heavy atom. The van der Waals surface area contributed by atoms with Crippen LogP contribution < -0.4 is 0 Å². The molecule has 0 aliphatic heterocycles. The fourth-order valence-electron chi connectivity index (χ4n) is 2.37. The fraction of sp³-hybridized carbons (Fsp3) is 0.750. The molecule has 1 aromatic rings. The maximum atomic E-state index is 10.5. The molecule has 1 aliphatic rings. The lowest BCUT2D eigenvalue weighted by Crippen LogP contribution is -2.07. The zero-order chi connectivity index (χ0) is 12.3. The predicted octanol–water partition coefficient (Wildman–Crippen LogP) is 2.38. The Labute approximate surface area is 100 Å². The van der Waals surface area contributed by atoms with E-state index in [1.54, 1.807) is 0 Å². The molecular weight excluding hydrogens is 220 g/mol. The zero-order valence-electron chi connectivity index (χ0n) is 10.1. The van der Waals surface area contributed by atoms with Crippen LogP contribution in [-0.4, -0.2) is 21.2 Å². The summed E-state index contributed by atoms with van der Waals surface area (Å²) in [5, 5.41) is 12.7. The van der Waals surface area contributed by atoms with Crippen LogP contribution in [0, 0.1) is 5.92 Å². The lowest BCUT2D eigenvalue weighted by atomic mass is 10.0. The standard InChI is InChI=1S/C12H18N2O3/c1-8(7-11(15)16)6-10-13-12(14-17-10)9-4-2-3-5-9/h8-9H,2-7H2,1H3,(H,15,16). The van der Waals surface area contributed by atoms with Gasteiger partial charge in [-0.15, -0.1) is 0 Å². The molecule has 0 bridgehead atoms. The molecular formula is C12H18N2O3. The molecule has 94 valence electrons. The summed E-state index contributed by atoms with van der Waals surface area (Å²) >= 11 is 0. The van der Waals surface area contributed by atoms with Gasteiger partial charge in [0, 0.05) is 18.8 Å². The highest BCUT2D eigenvalue weighted by Crippen LogP contribution is 2.32. The van der Waals surface area contributed by atoms with Crippen molar-refractivity contribution in [2.45, 2.75) is 51.4 Å². The van der Waals surface area contributed by atoms with Crippen LogP contribution >= 0.6 is 0 Å². The minimum absolute atomic E-state index is 0.0318. The van der Waals surface area contributed by atoms with Gasteiger partial charge in [-0.25, -0.2) is 0 Å². The fourth-order valence-corrected chi connectivity index (χ4v) is 2.37. The van der Waals surface area contributed by atoms with Crippen molar-refractivity contribution in [3.05, 3.63) is 11.7 Å². The van der Waals surface area contributed by atoms with Crippen molar-refractivity contribution in [2.24, 2.45) is 5.92 Å². The Kier molecular flexibility index (Phi) is 3.76.